The topological polar surface area (TPSA) is 85.4 Å². The Morgan fingerprint density at radius 3 is 2.36 bits per heavy atom. The van der Waals surface area contributed by atoms with E-state index >= 15 is 0 Å². The number of anilines is 2. The summed E-state index contributed by atoms with van der Waals surface area (Å²) in [5, 5.41) is 14.1. The highest BCUT2D eigenvalue weighted by molar-refractivity contribution is 6.04. The molecule has 1 amide bonds. The molecule has 0 unspecified atom stereocenters. The van der Waals surface area contributed by atoms with Crippen LogP contribution >= 0.6 is 0 Å². The van der Waals surface area contributed by atoms with Crippen molar-refractivity contribution in [2.75, 3.05) is 24.9 Å². The molecule has 3 aromatic rings. The first kappa shape index (κ1) is 19.2. The summed E-state index contributed by atoms with van der Waals surface area (Å²) in [5.41, 5.74) is 2.80. The van der Waals surface area contributed by atoms with Crippen LogP contribution in [-0.2, 0) is 6.54 Å². The molecule has 7 nitrogen and oxygen atoms in total. The maximum Gasteiger partial charge on any atom is 0.257 e. The molecule has 0 fully saturated rings. The summed E-state index contributed by atoms with van der Waals surface area (Å²) in [6, 6.07) is 16.6. The highest BCUT2D eigenvalue weighted by Gasteiger charge is 2.11. The van der Waals surface area contributed by atoms with Gasteiger partial charge in [-0.25, -0.2) is 0 Å². The van der Waals surface area contributed by atoms with Gasteiger partial charge in [-0.15, -0.1) is 10.2 Å². The van der Waals surface area contributed by atoms with Crippen LogP contribution in [0.2, 0.25) is 0 Å². The number of carbonyl (C=O) groups excluding carboxylic acids is 1. The van der Waals surface area contributed by atoms with Gasteiger partial charge in [-0.1, -0.05) is 29.8 Å². The van der Waals surface area contributed by atoms with Crippen LogP contribution in [0.5, 0.6) is 11.5 Å². The molecule has 2 aromatic carbocycles. The summed E-state index contributed by atoms with van der Waals surface area (Å²) in [6.45, 7) is 2.70. The van der Waals surface area contributed by atoms with Crippen LogP contribution in [0.4, 0.5) is 11.6 Å². The molecular weight excluding hydrogens is 356 g/mol. The number of hydrogen-bond donors (Lipinski definition) is 2. The second-order valence-corrected chi connectivity index (χ2v) is 6.17. The Morgan fingerprint density at radius 2 is 1.68 bits per heavy atom. The van der Waals surface area contributed by atoms with Crippen molar-refractivity contribution in [3.63, 3.8) is 0 Å². The number of hydrogen-bond acceptors (Lipinski definition) is 6. The minimum absolute atomic E-state index is 0.310. The zero-order chi connectivity index (χ0) is 19.9. The van der Waals surface area contributed by atoms with Crippen molar-refractivity contribution in [1.82, 2.24) is 10.2 Å². The Labute approximate surface area is 163 Å². The zero-order valence-corrected chi connectivity index (χ0v) is 16.0. The number of aryl methyl sites for hydroxylation is 1. The molecule has 0 radical (unpaired) electrons. The van der Waals surface area contributed by atoms with Gasteiger partial charge in [-0.3, -0.25) is 4.79 Å². The van der Waals surface area contributed by atoms with E-state index < -0.39 is 0 Å². The van der Waals surface area contributed by atoms with Crippen LogP contribution in [0.25, 0.3) is 0 Å². The number of amides is 1. The fraction of sp³-hybridized carbons (Fsp3) is 0.190. The molecule has 1 aromatic heterocycles. The van der Waals surface area contributed by atoms with Crippen LogP contribution in [0.3, 0.4) is 0 Å². The monoisotopic (exact) mass is 378 g/mol. The Bertz CT molecular complexity index is 958. The lowest BCUT2D eigenvalue weighted by atomic mass is 10.1. The molecule has 7 heteroatoms. The van der Waals surface area contributed by atoms with Gasteiger partial charge in [0, 0.05) is 12.1 Å². The van der Waals surface area contributed by atoms with Crippen molar-refractivity contribution in [1.29, 1.82) is 0 Å². The maximum atomic E-state index is 12.4. The number of methoxy groups -OCH3 is 2. The average Bonchev–Trinajstić information content (AvgIpc) is 2.72. The van der Waals surface area contributed by atoms with Crippen LogP contribution < -0.4 is 20.1 Å². The number of nitrogens with zero attached hydrogens (tertiary/aromatic N) is 2. The predicted octanol–water partition coefficient (Wildman–Crippen LogP) is 3.67. The van der Waals surface area contributed by atoms with Gasteiger partial charge in [0.05, 0.1) is 14.2 Å². The number of nitrogens with one attached hydrogen (secondary N) is 2. The normalized spacial score (nSPS) is 10.2. The van der Waals surface area contributed by atoms with E-state index in [4.69, 9.17) is 9.47 Å². The predicted molar refractivity (Wildman–Crippen MR) is 108 cm³/mol. The molecule has 0 spiro atoms. The van der Waals surface area contributed by atoms with Crippen molar-refractivity contribution in [2.45, 2.75) is 13.5 Å². The second-order valence-electron chi connectivity index (χ2n) is 6.17. The van der Waals surface area contributed by atoms with E-state index in [0.717, 1.165) is 5.56 Å². The number of ether oxygens (including phenoxy) is 2. The van der Waals surface area contributed by atoms with E-state index in [1.807, 2.05) is 12.1 Å². The van der Waals surface area contributed by atoms with E-state index in [-0.39, 0.29) is 5.91 Å². The Morgan fingerprint density at radius 1 is 0.929 bits per heavy atom. The molecule has 3 rings (SSSR count). The summed E-state index contributed by atoms with van der Waals surface area (Å²) in [5.74, 6) is 1.72. The van der Waals surface area contributed by atoms with Gasteiger partial charge >= 0.3 is 0 Å². The third-order valence-corrected chi connectivity index (χ3v) is 4.11. The SMILES string of the molecule is COc1ccc(C(=O)Nc2ccc(NCc3cccc(C)c3)nn2)cc1OC. The fourth-order valence-corrected chi connectivity index (χ4v) is 2.67. The lowest BCUT2D eigenvalue weighted by molar-refractivity contribution is 0.102. The minimum Gasteiger partial charge on any atom is -0.493 e. The van der Waals surface area contributed by atoms with Gasteiger partial charge < -0.3 is 20.1 Å². The molecule has 0 atom stereocenters. The number of carbonyl (C=O) groups is 1. The molecule has 1 heterocycles. The van der Waals surface area contributed by atoms with Crippen molar-refractivity contribution in [2.24, 2.45) is 0 Å². The quantitative estimate of drug-likeness (QED) is 0.653. The maximum absolute atomic E-state index is 12.4. The third kappa shape index (κ3) is 4.76. The molecule has 144 valence electrons. The lowest BCUT2D eigenvalue weighted by Gasteiger charge is -2.10. The molecular formula is C21H22N4O3. The van der Waals surface area contributed by atoms with Crippen molar-refractivity contribution >= 4 is 17.5 Å². The molecule has 28 heavy (non-hydrogen) atoms. The van der Waals surface area contributed by atoms with E-state index in [2.05, 4.69) is 39.9 Å². The third-order valence-electron chi connectivity index (χ3n) is 4.11. The van der Waals surface area contributed by atoms with Crippen LogP contribution in [0, 0.1) is 6.92 Å². The van der Waals surface area contributed by atoms with Gasteiger partial charge in [0.1, 0.15) is 5.82 Å². The summed E-state index contributed by atoms with van der Waals surface area (Å²) >= 11 is 0. The van der Waals surface area contributed by atoms with Gasteiger partial charge in [0.2, 0.25) is 0 Å². The first-order valence-electron chi connectivity index (χ1n) is 8.75. The molecule has 0 aliphatic heterocycles. The van der Waals surface area contributed by atoms with Crippen LogP contribution in [0.15, 0.2) is 54.6 Å². The number of rotatable bonds is 7. The highest BCUT2D eigenvalue weighted by Crippen LogP contribution is 2.27. The molecule has 0 aliphatic rings. The molecule has 0 bridgehead atoms. The fourth-order valence-electron chi connectivity index (χ4n) is 2.67. The average molecular weight is 378 g/mol. The standard InChI is InChI=1S/C21H22N4O3/c1-14-5-4-6-15(11-14)13-22-19-9-10-20(25-24-19)23-21(26)16-7-8-17(27-2)18(12-16)28-3/h4-12H,13H2,1-3H3,(H,22,24)(H,23,25,26). The summed E-state index contributed by atoms with van der Waals surface area (Å²) in [6.07, 6.45) is 0. The Hall–Kier alpha value is -3.61. The minimum atomic E-state index is -0.310. The van der Waals surface area contributed by atoms with E-state index in [1.54, 1.807) is 37.4 Å². The number of benzene rings is 2. The highest BCUT2D eigenvalue weighted by atomic mass is 16.5. The first-order valence-corrected chi connectivity index (χ1v) is 8.75. The van der Waals surface area contributed by atoms with Gasteiger partial charge in [-0.2, -0.15) is 0 Å². The molecule has 2 N–H and O–H groups in total. The van der Waals surface area contributed by atoms with E-state index in [9.17, 15) is 4.79 Å². The van der Waals surface area contributed by atoms with Crippen LogP contribution in [0.1, 0.15) is 21.5 Å². The Kier molecular flexibility index (Phi) is 6.06. The smallest absolute Gasteiger partial charge is 0.257 e. The van der Waals surface area contributed by atoms with Gasteiger partial charge in [-0.05, 0) is 42.8 Å². The van der Waals surface area contributed by atoms with Crippen LogP contribution in [-0.4, -0.2) is 30.3 Å². The van der Waals surface area contributed by atoms with E-state index in [0.29, 0.717) is 35.2 Å². The zero-order valence-electron chi connectivity index (χ0n) is 16.0. The second kappa shape index (κ2) is 8.85. The largest absolute Gasteiger partial charge is 0.493 e. The summed E-state index contributed by atoms with van der Waals surface area (Å²) in [7, 11) is 3.06. The van der Waals surface area contributed by atoms with E-state index in [1.165, 1.54) is 12.7 Å². The molecule has 0 saturated carbocycles. The number of aromatic nitrogens is 2. The summed E-state index contributed by atoms with van der Waals surface area (Å²) < 4.78 is 10.4. The lowest BCUT2D eigenvalue weighted by Crippen LogP contribution is -2.14. The van der Waals surface area contributed by atoms with Crippen molar-refractivity contribution in [3.05, 3.63) is 71.3 Å². The van der Waals surface area contributed by atoms with Crippen molar-refractivity contribution in [3.8, 4) is 11.5 Å². The molecule has 0 aliphatic carbocycles. The van der Waals surface area contributed by atoms with Gasteiger partial charge in [0.25, 0.3) is 5.91 Å². The molecule has 0 saturated heterocycles. The summed E-state index contributed by atoms with van der Waals surface area (Å²) in [4.78, 5) is 12.4. The van der Waals surface area contributed by atoms with Crippen molar-refractivity contribution < 1.29 is 14.3 Å². The first-order chi connectivity index (χ1) is 13.6. The Balaban J connectivity index is 1.61. The van der Waals surface area contributed by atoms with Gasteiger partial charge in [0.15, 0.2) is 17.3 Å².